The molecule has 0 aromatic heterocycles. The van der Waals surface area contributed by atoms with E-state index in [0.29, 0.717) is 19.5 Å². The molecule has 0 saturated carbocycles. The van der Waals surface area contributed by atoms with Crippen LogP contribution in [0.3, 0.4) is 0 Å². The first-order valence-corrected chi connectivity index (χ1v) is 11.4. The standard InChI is InChI=1S/C21H27ClN2O5S/c1-15(2)13-24-30(26,27)18-8-9-20(19(22)12-18)29-14-21(25)23-11-10-16-4-6-17(28-3)7-5-16/h4-9,12,15,24H,10-11,13-14H2,1-3H3,(H,23,25). The third kappa shape index (κ3) is 7.51. The molecule has 7 nitrogen and oxygen atoms in total. The van der Waals surface area contributed by atoms with Gasteiger partial charge in [-0.3, -0.25) is 4.79 Å². The highest BCUT2D eigenvalue weighted by Gasteiger charge is 2.16. The first-order chi connectivity index (χ1) is 14.2. The van der Waals surface area contributed by atoms with Crippen LogP contribution in [-0.4, -0.2) is 41.1 Å². The molecule has 0 aliphatic carbocycles. The number of hydrogen-bond donors (Lipinski definition) is 2. The molecule has 164 valence electrons. The van der Waals surface area contributed by atoms with Gasteiger partial charge in [-0.2, -0.15) is 0 Å². The minimum absolute atomic E-state index is 0.0458. The lowest BCUT2D eigenvalue weighted by molar-refractivity contribution is -0.123. The van der Waals surface area contributed by atoms with Gasteiger partial charge in [0.1, 0.15) is 11.5 Å². The van der Waals surface area contributed by atoms with E-state index in [1.807, 2.05) is 38.1 Å². The van der Waals surface area contributed by atoms with Gasteiger partial charge in [-0.1, -0.05) is 37.6 Å². The number of carbonyl (C=O) groups is 1. The van der Waals surface area contributed by atoms with Crippen LogP contribution in [0.4, 0.5) is 0 Å². The predicted molar refractivity (Wildman–Crippen MR) is 117 cm³/mol. The fraction of sp³-hybridized carbons (Fsp3) is 0.381. The molecular formula is C21H27ClN2O5S. The van der Waals surface area contributed by atoms with Gasteiger partial charge in [0.05, 0.1) is 17.0 Å². The number of rotatable bonds is 11. The molecule has 1 amide bonds. The van der Waals surface area contributed by atoms with Gasteiger partial charge >= 0.3 is 0 Å². The van der Waals surface area contributed by atoms with Crippen molar-refractivity contribution in [3.8, 4) is 11.5 Å². The topological polar surface area (TPSA) is 93.7 Å². The second-order valence-corrected chi connectivity index (χ2v) is 9.25. The monoisotopic (exact) mass is 454 g/mol. The van der Waals surface area contributed by atoms with Crippen LogP contribution in [0.25, 0.3) is 0 Å². The maximum absolute atomic E-state index is 12.3. The van der Waals surface area contributed by atoms with E-state index in [9.17, 15) is 13.2 Å². The van der Waals surface area contributed by atoms with Crippen molar-refractivity contribution in [1.82, 2.24) is 10.0 Å². The molecule has 2 N–H and O–H groups in total. The first kappa shape index (κ1) is 24.0. The molecule has 30 heavy (non-hydrogen) atoms. The van der Waals surface area contributed by atoms with Crippen LogP contribution in [0.15, 0.2) is 47.4 Å². The molecule has 0 unspecified atom stereocenters. The average molecular weight is 455 g/mol. The zero-order valence-electron chi connectivity index (χ0n) is 17.3. The predicted octanol–water partition coefficient (Wildman–Crippen LogP) is 3.02. The Kier molecular flexibility index (Phi) is 8.95. The third-order valence-electron chi connectivity index (χ3n) is 4.15. The summed E-state index contributed by atoms with van der Waals surface area (Å²) in [5.41, 5.74) is 1.07. The van der Waals surface area contributed by atoms with Crippen LogP contribution in [0.5, 0.6) is 11.5 Å². The average Bonchev–Trinajstić information content (AvgIpc) is 2.72. The van der Waals surface area contributed by atoms with E-state index in [4.69, 9.17) is 21.1 Å². The quantitative estimate of drug-likeness (QED) is 0.544. The lowest BCUT2D eigenvalue weighted by atomic mass is 10.1. The Labute approximate surface area is 182 Å². The second-order valence-electron chi connectivity index (χ2n) is 7.07. The van der Waals surface area contributed by atoms with Gasteiger partial charge in [-0.25, -0.2) is 13.1 Å². The van der Waals surface area contributed by atoms with Gasteiger partial charge in [0.25, 0.3) is 5.91 Å². The highest BCUT2D eigenvalue weighted by molar-refractivity contribution is 7.89. The summed E-state index contributed by atoms with van der Waals surface area (Å²) in [4.78, 5) is 12.0. The summed E-state index contributed by atoms with van der Waals surface area (Å²) in [6, 6.07) is 11.7. The largest absolute Gasteiger partial charge is 0.497 e. The summed E-state index contributed by atoms with van der Waals surface area (Å²) >= 11 is 6.13. The maximum Gasteiger partial charge on any atom is 0.257 e. The minimum Gasteiger partial charge on any atom is -0.497 e. The number of methoxy groups -OCH3 is 1. The second kappa shape index (κ2) is 11.2. The van der Waals surface area contributed by atoms with Crippen molar-refractivity contribution in [2.45, 2.75) is 25.2 Å². The van der Waals surface area contributed by atoms with Crippen molar-refractivity contribution in [2.24, 2.45) is 5.92 Å². The van der Waals surface area contributed by atoms with Crippen LogP contribution in [0.1, 0.15) is 19.4 Å². The molecule has 0 aliphatic rings. The van der Waals surface area contributed by atoms with Gasteiger partial charge in [-0.15, -0.1) is 0 Å². The van der Waals surface area contributed by atoms with Crippen molar-refractivity contribution < 1.29 is 22.7 Å². The van der Waals surface area contributed by atoms with Gasteiger partial charge < -0.3 is 14.8 Å². The molecule has 0 spiro atoms. The van der Waals surface area contributed by atoms with E-state index >= 15 is 0 Å². The fourth-order valence-corrected chi connectivity index (χ4v) is 4.00. The number of sulfonamides is 1. The Hall–Kier alpha value is -2.29. The fourth-order valence-electron chi connectivity index (χ4n) is 2.46. The molecule has 0 atom stereocenters. The van der Waals surface area contributed by atoms with Crippen molar-refractivity contribution >= 4 is 27.5 Å². The molecule has 2 rings (SSSR count). The normalized spacial score (nSPS) is 11.4. The van der Waals surface area contributed by atoms with Gasteiger partial charge in [-0.05, 0) is 48.2 Å². The van der Waals surface area contributed by atoms with E-state index in [1.54, 1.807) is 7.11 Å². The number of nitrogens with one attached hydrogen (secondary N) is 2. The summed E-state index contributed by atoms with van der Waals surface area (Å²) in [5, 5.41) is 2.89. The van der Waals surface area contributed by atoms with E-state index in [2.05, 4.69) is 10.0 Å². The Balaban J connectivity index is 1.82. The zero-order valence-corrected chi connectivity index (χ0v) is 18.8. The van der Waals surface area contributed by atoms with Crippen LogP contribution in [-0.2, 0) is 21.2 Å². The number of amides is 1. The van der Waals surface area contributed by atoms with Crippen LogP contribution in [0, 0.1) is 5.92 Å². The van der Waals surface area contributed by atoms with E-state index in [1.165, 1.54) is 18.2 Å². The highest BCUT2D eigenvalue weighted by Crippen LogP contribution is 2.27. The Morgan fingerprint density at radius 2 is 1.83 bits per heavy atom. The SMILES string of the molecule is COc1ccc(CCNC(=O)COc2ccc(S(=O)(=O)NCC(C)C)cc2Cl)cc1. The Morgan fingerprint density at radius 1 is 1.13 bits per heavy atom. The van der Waals surface area contributed by atoms with E-state index in [0.717, 1.165) is 11.3 Å². The number of hydrogen-bond acceptors (Lipinski definition) is 5. The van der Waals surface area contributed by atoms with Gasteiger partial charge in [0, 0.05) is 13.1 Å². The lowest BCUT2D eigenvalue weighted by Gasteiger charge is -2.12. The van der Waals surface area contributed by atoms with Crippen molar-refractivity contribution in [3.05, 3.63) is 53.1 Å². The van der Waals surface area contributed by atoms with Crippen molar-refractivity contribution in [2.75, 3.05) is 26.8 Å². The summed E-state index contributed by atoms with van der Waals surface area (Å²) in [6.07, 6.45) is 0.673. The molecule has 2 aromatic carbocycles. The zero-order chi connectivity index (χ0) is 22.1. The van der Waals surface area contributed by atoms with Gasteiger partial charge in [0.2, 0.25) is 10.0 Å². The molecular weight excluding hydrogens is 428 g/mol. The Bertz CT molecular complexity index is 946. The first-order valence-electron chi connectivity index (χ1n) is 9.53. The number of carbonyl (C=O) groups excluding carboxylic acids is 1. The van der Waals surface area contributed by atoms with E-state index < -0.39 is 10.0 Å². The third-order valence-corrected chi connectivity index (χ3v) is 5.87. The number of ether oxygens (including phenoxy) is 2. The van der Waals surface area contributed by atoms with Crippen LogP contribution < -0.4 is 19.5 Å². The van der Waals surface area contributed by atoms with Crippen LogP contribution in [0.2, 0.25) is 5.02 Å². The van der Waals surface area contributed by atoms with Crippen molar-refractivity contribution in [1.29, 1.82) is 0 Å². The summed E-state index contributed by atoms with van der Waals surface area (Å²) in [5.74, 6) is 0.906. The van der Waals surface area contributed by atoms with Crippen LogP contribution >= 0.6 is 11.6 Å². The molecule has 0 radical (unpaired) electrons. The molecule has 0 bridgehead atoms. The molecule has 0 saturated heterocycles. The molecule has 0 heterocycles. The van der Waals surface area contributed by atoms with E-state index in [-0.39, 0.29) is 34.1 Å². The summed E-state index contributed by atoms with van der Waals surface area (Å²) in [7, 11) is -2.04. The summed E-state index contributed by atoms with van der Waals surface area (Å²) < 4.78 is 37.6. The van der Waals surface area contributed by atoms with Gasteiger partial charge in [0.15, 0.2) is 6.61 Å². The Morgan fingerprint density at radius 3 is 2.43 bits per heavy atom. The highest BCUT2D eigenvalue weighted by atomic mass is 35.5. The smallest absolute Gasteiger partial charge is 0.257 e. The lowest BCUT2D eigenvalue weighted by Crippen LogP contribution is -2.30. The molecule has 2 aromatic rings. The molecule has 0 aliphatic heterocycles. The number of halogens is 1. The van der Waals surface area contributed by atoms with Crippen molar-refractivity contribution in [3.63, 3.8) is 0 Å². The summed E-state index contributed by atoms with van der Waals surface area (Å²) in [6.45, 7) is 4.39. The number of benzene rings is 2. The minimum atomic E-state index is -3.65. The maximum atomic E-state index is 12.3. The molecule has 9 heteroatoms. The molecule has 0 fully saturated rings.